The maximum atomic E-state index is 6.13. The van der Waals surface area contributed by atoms with Gasteiger partial charge in [-0.2, -0.15) is 0 Å². The molecule has 0 amide bonds. The minimum Gasteiger partial charge on any atom is -0.326 e. The number of halogens is 2. The van der Waals surface area contributed by atoms with E-state index in [1.807, 2.05) is 30.3 Å². The zero-order chi connectivity index (χ0) is 13.0. The molecule has 0 bridgehead atoms. The molecule has 0 spiro atoms. The summed E-state index contributed by atoms with van der Waals surface area (Å²) in [6.45, 7) is 0.571. The monoisotopic (exact) mass is 297 g/mol. The molecular weight excluding hydrogens is 285 g/mol. The van der Waals surface area contributed by atoms with E-state index in [1.165, 1.54) is 4.90 Å². The van der Waals surface area contributed by atoms with E-state index in [1.54, 1.807) is 11.8 Å². The largest absolute Gasteiger partial charge is 0.326 e. The van der Waals surface area contributed by atoms with Crippen LogP contribution in [0, 0.1) is 0 Å². The van der Waals surface area contributed by atoms with Crippen LogP contribution in [0.25, 0.3) is 0 Å². The second-order valence-corrected chi connectivity index (χ2v) is 5.70. The van der Waals surface area contributed by atoms with Gasteiger partial charge in [0.05, 0.1) is 0 Å². The molecule has 0 fully saturated rings. The third kappa shape index (κ3) is 3.42. The van der Waals surface area contributed by atoms with Crippen molar-refractivity contribution in [3.05, 3.63) is 63.6 Å². The Bertz CT molecular complexity index is 506. The van der Waals surface area contributed by atoms with Gasteiger partial charge in [-0.05, 0) is 35.4 Å². The van der Waals surface area contributed by atoms with E-state index in [-0.39, 0.29) is 0 Å². The zero-order valence-corrected chi connectivity index (χ0v) is 12.0. The lowest BCUT2D eigenvalue weighted by atomic mass is 10.2. The Kier molecular flexibility index (Phi) is 4.95. The second-order valence-electron chi connectivity index (χ2n) is 3.84. The van der Waals surface area contributed by atoms with Gasteiger partial charge in [-0.3, -0.25) is 0 Å². The van der Waals surface area contributed by atoms with Crippen molar-refractivity contribution in [3.8, 4) is 0 Å². The summed E-state index contributed by atoms with van der Waals surface area (Å²) in [5, 5.41) is 1.43. The van der Waals surface area contributed by atoms with Crippen molar-refractivity contribution in [2.75, 3.05) is 0 Å². The summed E-state index contributed by atoms with van der Waals surface area (Å²) in [5.41, 5.74) is 7.68. The first-order valence-corrected chi connectivity index (χ1v) is 7.29. The average Bonchev–Trinajstić information content (AvgIpc) is 2.39. The van der Waals surface area contributed by atoms with Crippen LogP contribution in [-0.4, -0.2) is 0 Å². The van der Waals surface area contributed by atoms with Gasteiger partial charge in [0.15, 0.2) is 0 Å². The molecule has 0 aliphatic carbocycles. The fourth-order valence-electron chi connectivity index (χ4n) is 1.55. The van der Waals surface area contributed by atoms with Gasteiger partial charge in [-0.25, -0.2) is 0 Å². The topological polar surface area (TPSA) is 26.0 Å². The van der Waals surface area contributed by atoms with E-state index in [0.717, 1.165) is 16.9 Å². The molecule has 1 nitrogen and oxygen atoms in total. The fourth-order valence-corrected chi connectivity index (χ4v) is 3.19. The van der Waals surface area contributed by atoms with Crippen LogP contribution < -0.4 is 5.73 Å². The standard InChI is InChI=1S/C14H13Cl2NS/c15-13-2-1-3-14(16)12(13)9-18-11-6-4-10(8-17)5-7-11/h1-7H,8-9,17H2. The van der Waals surface area contributed by atoms with Gasteiger partial charge < -0.3 is 5.73 Å². The molecule has 0 saturated heterocycles. The Hall–Kier alpha value is -0.670. The van der Waals surface area contributed by atoms with Crippen molar-refractivity contribution in [2.24, 2.45) is 5.73 Å². The smallest absolute Gasteiger partial charge is 0.0461 e. The van der Waals surface area contributed by atoms with Gasteiger partial charge in [-0.15, -0.1) is 11.8 Å². The SMILES string of the molecule is NCc1ccc(SCc2c(Cl)cccc2Cl)cc1. The van der Waals surface area contributed by atoms with E-state index in [0.29, 0.717) is 16.6 Å². The lowest BCUT2D eigenvalue weighted by molar-refractivity contribution is 1.07. The Balaban J connectivity index is 2.06. The van der Waals surface area contributed by atoms with E-state index in [9.17, 15) is 0 Å². The molecule has 0 atom stereocenters. The van der Waals surface area contributed by atoms with Crippen LogP contribution in [0.4, 0.5) is 0 Å². The number of rotatable bonds is 4. The van der Waals surface area contributed by atoms with Crippen molar-refractivity contribution in [1.82, 2.24) is 0 Å². The molecule has 0 heterocycles. The molecule has 0 saturated carbocycles. The lowest BCUT2D eigenvalue weighted by Crippen LogP contribution is -1.95. The molecule has 2 aromatic rings. The van der Waals surface area contributed by atoms with Gasteiger partial charge in [0, 0.05) is 27.2 Å². The van der Waals surface area contributed by atoms with Crippen LogP contribution in [0.2, 0.25) is 10.0 Å². The van der Waals surface area contributed by atoms with Crippen LogP contribution in [0.3, 0.4) is 0 Å². The minimum absolute atomic E-state index is 0.571. The molecule has 2 aromatic carbocycles. The molecule has 94 valence electrons. The highest BCUT2D eigenvalue weighted by Gasteiger charge is 2.05. The van der Waals surface area contributed by atoms with Crippen LogP contribution in [-0.2, 0) is 12.3 Å². The van der Waals surface area contributed by atoms with Crippen LogP contribution >= 0.6 is 35.0 Å². The quantitative estimate of drug-likeness (QED) is 0.825. The number of thioether (sulfide) groups is 1. The maximum Gasteiger partial charge on any atom is 0.0461 e. The second kappa shape index (κ2) is 6.48. The highest BCUT2D eigenvalue weighted by atomic mass is 35.5. The highest BCUT2D eigenvalue weighted by Crippen LogP contribution is 2.31. The molecule has 0 aromatic heterocycles. The Morgan fingerprint density at radius 2 is 1.56 bits per heavy atom. The van der Waals surface area contributed by atoms with Crippen molar-refractivity contribution in [1.29, 1.82) is 0 Å². The van der Waals surface area contributed by atoms with Crippen molar-refractivity contribution < 1.29 is 0 Å². The fraction of sp³-hybridized carbons (Fsp3) is 0.143. The molecule has 0 unspecified atom stereocenters. The van der Waals surface area contributed by atoms with Crippen molar-refractivity contribution in [2.45, 2.75) is 17.2 Å². The minimum atomic E-state index is 0.571. The summed E-state index contributed by atoms with van der Waals surface area (Å²) >= 11 is 14.0. The Morgan fingerprint density at radius 1 is 0.944 bits per heavy atom. The first-order chi connectivity index (χ1) is 8.70. The van der Waals surface area contributed by atoms with Gasteiger partial charge in [0.1, 0.15) is 0 Å². The normalized spacial score (nSPS) is 10.6. The predicted octanol–water partition coefficient (Wildman–Crippen LogP) is 4.74. The van der Waals surface area contributed by atoms with Gasteiger partial charge >= 0.3 is 0 Å². The highest BCUT2D eigenvalue weighted by molar-refractivity contribution is 7.98. The average molecular weight is 298 g/mol. The van der Waals surface area contributed by atoms with Gasteiger partial charge in [0.25, 0.3) is 0 Å². The van der Waals surface area contributed by atoms with E-state index >= 15 is 0 Å². The molecule has 0 aliphatic rings. The Labute approximate surface area is 121 Å². The number of nitrogens with two attached hydrogens (primary N) is 1. The van der Waals surface area contributed by atoms with E-state index in [4.69, 9.17) is 28.9 Å². The van der Waals surface area contributed by atoms with Gasteiger partial charge in [0.2, 0.25) is 0 Å². The third-order valence-electron chi connectivity index (χ3n) is 2.60. The summed E-state index contributed by atoms with van der Waals surface area (Å²) in [6.07, 6.45) is 0. The molecule has 4 heteroatoms. The summed E-state index contributed by atoms with van der Waals surface area (Å²) < 4.78 is 0. The summed E-state index contributed by atoms with van der Waals surface area (Å²) in [5.74, 6) is 0.764. The molecule has 0 aliphatic heterocycles. The summed E-state index contributed by atoms with van der Waals surface area (Å²) in [7, 11) is 0. The number of hydrogen-bond donors (Lipinski definition) is 1. The first kappa shape index (κ1) is 13.8. The summed E-state index contributed by atoms with van der Waals surface area (Å²) in [6, 6.07) is 13.8. The molecule has 2 rings (SSSR count). The van der Waals surface area contributed by atoms with E-state index in [2.05, 4.69) is 12.1 Å². The first-order valence-electron chi connectivity index (χ1n) is 5.55. The zero-order valence-electron chi connectivity index (χ0n) is 9.70. The van der Waals surface area contributed by atoms with Crippen LogP contribution in [0.5, 0.6) is 0 Å². The van der Waals surface area contributed by atoms with Gasteiger partial charge in [-0.1, -0.05) is 41.4 Å². The molecule has 2 N–H and O–H groups in total. The number of hydrogen-bond acceptors (Lipinski definition) is 2. The molecule has 18 heavy (non-hydrogen) atoms. The molecular formula is C14H13Cl2NS. The maximum absolute atomic E-state index is 6.13. The molecule has 0 radical (unpaired) electrons. The lowest BCUT2D eigenvalue weighted by Gasteiger charge is -2.07. The third-order valence-corrected chi connectivity index (χ3v) is 4.35. The predicted molar refractivity (Wildman–Crippen MR) is 80.4 cm³/mol. The van der Waals surface area contributed by atoms with E-state index < -0.39 is 0 Å². The van der Waals surface area contributed by atoms with Crippen LogP contribution in [0.15, 0.2) is 47.4 Å². The van der Waals surface area contributed by atoms with Crippen LogP contribution in [0.1, 0.15) is 11.1 Å². The number of benzene rings is 2. The Morgan fingerprint density at radius 3 is 2.11 bits per heavy atom. The van der Waals surface area contributed by atoms with Crippen molar-refractivity contribution in [3.63, 3.8) is 0 Å². The summed E-state index contributed by atoms with van der Waals surface area (Å²) in [4.78, 5) is 1.18. The van der Waals surface area contributed by atoms with Crippen molar-refractivity contribution >= 4 is 35.0 Å².